The van der Waals surface area contributed by atoms with E-state index in [-0.39, 0.29) is 18.4 Å². The van der Waals surface area contributed by atoms with Crippen LogP contribution in [0.5, 0.6) is 0 Å². The minimum Gasteiger partial charge on any atom is -0.481 e. The van der Waals surface area contributed by atoms with Gasteiger partial charge < -0.3 is 10.2 Å². The Balaban J connectivity index is 2.33. The van der Waals surface area contributed by atoms with E-state index in [1.807, 2.05) is 24.3 Å². The van der Waals surface area contributed by atoms with Crippen molar-refractivity contribution in [2.45, 2.75) is 25.1 Å². The molecule has 0 aromatic heterocycles. The zero-order valence-corrected chi connectivity index (χ0v) is 13.8. The molecule has 1 aliphatic carbocycles. The van der Waals surface area contributed by atoms with Gasteiger partial charge in [0.05, 0.1) is 5.41 Å². The van der Waals surface area contributed by atoms with Crippen molar-refractivity contribution in [2.75, 3.05) is 0 Å². The summed E-state index contributed by atoms with van der Waals surface area (Å²) in [5, 5.41) is 19.7. The Hall–Kier alpha value is -1.88. The SMILES string of the molecule is CC1=C(C(=O)O)CC(Cc2ccc(CBr)cc2)(C(=O)O)C=C1. The van der Waals surface area contributed by atoms with Crippen LogP contribution in [0.15, 0.2) is 47.6 Å². The summed E-state index contributed by atoms with van der Waals surface area (Å²) >= 11 is 3.37. The highest BCUT2D eigenvalue weighted by Gasteiger charge is 2.40. The third kappa shape index (κ3) is 3.30. The van der Waals surface area contributed by atoms with Gasteiger partial charge in [0.25, 0.3) is 0 Å². The first kappa shape index (κ1) is 16.5. The molecule has 1 aromatic rings. The lowest BCUT2D eigenvalue weighted by molar-refractivity contribution is -0.146. The molecule has 1 atom stereocenters. The molecule has 2 N–H and O–H groups in total. The molecule has 0 saturated carbocycles. The van der Waals surface area contributed by atoms with Crippen LogP contribution in [0.25, 0.3) is 0 Å². The van der Waals surface area contributed by atoms with Crippen molar-refractivity contribution >= 4 is 27.9 Å². The minimum absolute atomic E-state index is 0.000194. The zero-order valence-electron chi connectivity index (χ0n) is 12.2. The van der Waals surface area contributed by atoms with Gasteiger partial charge in [-0.05, 0) is 36.5 Å². The first-order valence-electron chi connectivity index (χ1n) is 6.87. The first-order valence-corrected chi connectivity index (χ1v) is 7.99. The Kier molecular flexibility index (Phi) is 4.86. The standard InChI is InChI=1S/C17H17BrO4/c1-11-6-7-17(16(21)22,9-14(11)15(19)20)8-12-2-4-13(10-18)5-3-12/h2-7H,8-10H2,1H3,(H,19,20)(H,21,22). The van der Waals surface area contributed by atoms with Crippen LogP contribution in [0, 0.1) is 5.41 Å². The summed E-state index contributed by atoms with van der Waals surface area (Å²) < 4.78 is 0. The van der Waals surface area contributed by atoms with E-state index in [2.05, 4.69) is 15.9 Å². The van der Waals surface area contributed by atoms with E-state index in [0.29, 0.717) is 5.57 Å². The van der Waals surface area contributed by atoms with E-state index < -0.39 is 17.4 Å². The maximum absolute atomic E-state index is 11.8. The van der Waals surface area contributed by atoms with Crippen molar-refractivity contribution in [3.63, 3.8) is 0 Å². The fourth-order valence-electron chi connectivity index (χ4n) is 2.60. The van der Waals surface area contributed by atoms with Crippen LogP contribution < -0.4 is 0 Å². The number of carbonyl (C=O) groups is 2. The molecule has 2 rings (SSSR count). The summed E-state index contributed by atoms with van der Waals surface area (Å²) in [6, 6.07) is 7.65. The van der Waals surface area contributed by atoms with Crippen LogP contribution in [0.2, 0.25) is 0 Å². The van der Waals surface area contributed by atoms with Gasteiger partial charge in [0, 0.05) is 10.9 Å². The van der Waals surface area contributed by atoms with Gasteiger partial charge in [-0.3, -0.25) is 4.79 Å². The molecule has 0 radical (unpaired) electrons. The fourth-order valence-corrected chi connectivity index (χ4v) is 2.97. The molecule has 0 aliphatic heterocycles. The summed E-state index contributed by atoms with van der Waals surface area (Å²) in [6.45, 7) is 1.69. The Morgan fingerprint density at radius 2 is 1.77 bits per heavy atom. The molecule has 0 fully saturated rings. The number of rotatable bonds is 5. The monoisotopic (exact) mass is 364 g/mol. The second kappa shape index (κ2) is 6.48. The molecule has 0 heterocycles. The maximum atomic E-state index is 11.8. The highest BCUT2D eigenvalue weighted by atomic mass is 79.9. The lowest BCUT2D eigenvalue weighted by atomic mass is 9.72. The summed E-state index contributed by atoms with van der Waals surface area (Å²) in [5.41, 5.74) is 1.56. The molecule has 0 spiro atoms. The van der Waals surface area contributed by atoms with Crippen molar-refractivity contribution in [1.82, 2.24) is 0 Å². The van der Waals surface area contributed by atoms with E-state index in [0.717, 1.165) is 16.5 Å². The van der Waals surface area contributed by atoms with Crippen LogP contribution in [-0.4, -0.2) is 22.2 Å². The smallest absolute Gasteiger partial charge is 0.331 e. The molecule has 5 heteroatoms. The van der Waals surface area contributed by atoms with Gasteiger partial charge in [0.1, 0.15) is 0 Å². The summed E-state index contributed by atoms with van der Waals surface area (Å²) in [5.74, 6) is -2.05. The van der Waals surface area contributed by atoms with E-state index in [1.165, 1.54) is 0 Å². The second-order valence-corrected chi connectivity index (χ2v) is 6.13. The van der Waals surface area contributed by atoms with Gasteiger partial charge in [-0.25, -0.2) is 4.79 Å². The largest absolute Gasteiger partial charge is 0.481 e. The van der Waals surface area contributed by atoms with Crippen molar-refractivity contribution in [3.05, 3.63) is 58.7 Å². The van der Waals surface area contributed by atoms with Crippen molar-refractivity contribution in [2.24, 2.45) is 5.41 Å². The summed E-state index contributed by atoms with van der Waals surface area (Å²) in [4.78, 5) is 23.1. The van der Waals surface area contributed by atoms with Crippen LogP contribution in [-0.2, 0) is 21.3 Å². The average Bonchev–Trinajstić information content (AvgIpc) is 2.49. The van der Waals surface area contributed by atoms with E-state index >= 15 is 0 Å². The fraction of sp³-hybridized carbons (Fsp3) is 0.294. The highest BCUT2D eigenvalue weighted by molar-refractivity contribution is 9.08. The lowest BCUT2D eigenvalue weighted by Crippen LogP contribution is -2.35. The van der Waals surface area contributed by atoms with Crippen LogP contribution in [0.3, 0.4) is 0 Å². The minimum atomic E-state index is -1.21. The van der Waals surface area contributed by atoms with Gasteiger partial charge in [-0.1, -0.05) is 52.3 Å². The van der Waals surface area contributed by atoms with E-state index in [4.69, 9.17) is 0 Å². The number of halogens is 1. The van der Waals surface area contributed by atoms with Crippen LogP contribution >= 0.6 is 15.9 Å². The molecular formula is C17H17BrO4. The average molecular weight is 365 g/mol. The number of aliphatic carboxylic acids is 2. The molecule has 1 unspecified atom stereocenters. The Morgan fingerprint density at radius 1 is 1.18 bits per heavy atom. The van der Waals surface area contributed by atoms with Crippen molar-refractivity contribution < 1.29 is 19.8 Å². The highest BCUT2D eigenvalue weighted by Crippen LogP contribution is 2.38. The molecule has 4 nitrogen and oxygen atoms in total. The number of alkyl halides is 1. The second-order valence-electron chi connectivity index (χ2n) is 5.57. The Bertz CT molecular complexity index is 658. The Morgan fingerprint density at radius 3 is 2.27 bits per heavy atom. The molecule has 22 heavy (non-hydrogen) atoms. The number of hydrogen-bond donors (Lipinski definition) is 2. The number of hydrogen-bond acceptors (Lipinski definition) is 2. The summed E-state index contributed by atoms with van der Waals surface area (Å²) in [6.07, 6.45) is 3.50. The van der Waals surface area contributed by atoms with Gasteiger partial charge in [-0.2, -0.15) is 0 Å². The third-order valence-corrected chi connectivity index (χ3v) is 4.65. The molecule has 0 bridgehead atoms. The topological polar surface area (TPSA) is 74.6 Å². The Labute approximate surface area is 137 Å². The first-order chi connectivity index (χ1) is 10.4. The predicted molar refractivity (Wildman–Crippen MR) is 86.9 cm³/mol. The maximum Gasteiger partial charge on any atom is 0.331 e. The van der Waals surface area contributed by atoms with Gasteiger partial charge >= 0.3 is 11.9 Å². The normalized spacial score (nSPS) is 21.0. The van der Waals surface area contributed by atoms with Crippen LogP contribution in [0.4, 0.5) is 0 Å². The molecule has 1 aromatic carbocycles. The number of carboxylic acid groups (broad SMARTS) is 2. The van der Waals surface area contributed by atoms with E-state index in [1.54, 1.807) is 19.1 Å². The predicted octanol–water partition coefficient (Wildman–Crippen LogP) is 3.56. The van der Waals surface area contributed by atoms with Gasteiger partial charge in [0.15, 0.2) is 0 Å². The quantitative estimate of drug-likeness (QED) is 0.783. The van der Waals surface area contributed by atoms with Crippen molar-refractivity contribution in [1.29, 1.82) is 0 Å². The van der Waals surface area contributed by atoms with Crippen LogP contribution in [0.1, 0.15) is 24.5 Å². The van der Waals surface area contributed by atoms with Crippen molar-refractivity contribution in [3.8, 4) is 0 Å². The van der Waals surface area contributed by atoms with E-state index in [9.17, 15) is 19.8 Å². The third-order valence-electron chi connectivity index (χ3n) is 4.00. The molecule has 1 aliphatic rings. The number of carboxylic acids is 2. The molecule has 0 amide bonds. The molecule has 116 valence electrons. The van der Waals surface area contributed by atoms with Gasteiger partial charge in [0.2, 0.25) is 0 Å². The zero-order chi connectivity index (χ0) is 16.3. The molecular weight excluding hydrogens is 348 g/mol. The summed E-state index contributed by atoms with van der Waals surface area (Å²) in [7, 11) is 0. The number of allylic oxidation sites excluding steroid dienone is 2. The van der Waals surface area contributed by atoms with Gasteiger partial charge in [-0.15, -0.1) is 0 Å². The number of benzene rings is 1. The lowest BCUT2D eigenvalue weighted by Gasteiger charge is -2.30. The molecule has 0 saturated heterocycles.